The first kappa shape index (κ1) is 23.8. The predicted octanol–water partition coefficient (Wildman–Crippen LogP) is 6.32. The average molecular weight is 520 g/mol. The number of thiazole rings is 1. The summed E-state index contributed by atoms with van der Waals surface area (Å²) in [5.41, 5.74) is 8.28. The summed E-state index contributed by atoms with van der Waals surface area (Å²) in [6, 6.07) is 31.9. The summed E-state index contributed by atoms with van der Waals surface area (Å²) >= 11 is 1.02. The normalized spacial score (nSPS) is 12.1. The van der Waals surface area contributed by atoms with Crippen molar-refractivity contribution in [1.29, 1.82) is 0 Å². The van der Waals surface area contributed by atoms with Gasteiger partial charge in [0.2, 0.25) is 5.88 Å². The molecule has 1 aliphatic rings. The number of amides is 2. The summed E-state index contributed by atoms with van der Waals surface area (Å²) in [4.78, 5) is 29.2. The van der Waals surface area contributed by atoms with E-state index in [-0.39, 0.29) is 22.8 Å². The number of benzene rings is 4. The Kier molecular flexibility index (Phi) is 6.05. The molecule has 1 heterocycles. The van der Waals surface area contributed by atoms with Crippen molar-refractivity contribution in [1.82, 2.24) is 10.3 Å². The van der Waals surface area contributed by atoms with Crippen LogP contribution >= 0.6 is 11.3 Å². The summed E-state index contributed by atoms with van der Waals surface area (Å²) in [5, 5.41) is 13.1. The molecule has 0 saturated carbocycles. The minimum atomic E-state index is -0.263. The van der Waals surface area contributed by atoms with Gasteiger partial charge < -0.3 is 10.4 Å². The third-order valence-corrected chi connectivity index (χ3v) is 7.86. The molecule has 3 N–H and O–H groups in total. The molecule has 0 unspecified atom stereocenters. The fraction of sp³-hybridized carbons (Fsp3) is 0.0968. The highest BCUT2D eigenvalue weighted by Gasteiger charge is 2.30. The molecule has 5 aromatic rings. The molecule has 0 spiro atoms. The molecular weight excluding hydrogens is 494 g/mol. The molecule has 1 aromatic heterocycles. The molecule has 0 bridgehead atoms. The summed E-state index contributed by atoms with van der Waals surface area (Å²) in [6.07, 6.45) is 0.478. The van der Waals surface area contributed by atoms with E-state index >= 15 is 0 Å². The Bertz CT molecular complexity index is 1660. The van der Waals surface area contributed by atoms with Gasteiger partial charge in [-0.3, -0.25) is 14.7 Å². The number of aromatic hydroxyl groups is 1. The Balaban J connectivity index is 1.20. The monoisotopic (exact) mass is 519 g/mol. The maximum Gasteiger partial charge on any atom is 0.322 e. The molecule has 7 heteroatoms. The number of urea groups is 1. The number of carbonyl (C=O) groups is 1. The topological polar surface area (TPSA) is 85.4 Å². The Morgan fingerprint density at radius 2 is 1.55 bits per heavy atom. The van der Waals surface area contributed by atoms with Crippen molar-refractivity contribution in [2.75, 3.05) is 11.9 Å². The van der Waals surface area contributed by atoms with Crippen LogP contribution in [0.15, 0.2) is 102 Å². The molecule has 0 radical (unpaired) electrons. The van der Waals surface area contributed by atoms with Crippen LogP contribution < -0.4 is 15.1 Å². The van der Waals surface area contributed by atoms with Gasteiger partial charge in [0.15, 0.2) is 0 Å². The number of nitrogens with one attached hydrogen (secondary N) is 2. The number of rotatable bonds is 5. The van der Waals surface area contributed by atoms with Gasteiger partial charge in [0.1, 0.15) is 0 Å². The Hall–Kier alpha value is -4.62. The molecule has 4 aromatic carbocycles. The van der Waals surface area contributed by atoms with Crippen LogP contribution in [0.3, 0.4) is 0 Å². The lowest BCUT2D eigenvalue weighted by Crippen LogP contribution is -2.39. The van der Waals surface area contributed by atoms with Gasteiger partial charge in [-0.15, -0.1) is 0 Å². The van der Waals surface area contributed by atoms with Crippen molar-refractivity contribution >= 4 is 23.1 Å². The van der Waals surface area contributed by atoms with Gasteiger partial charge in [-0.1, -0.05) is 96.3 Å². The molecular formula is C31H25N3O3S. The SMILES string of the molecule is CN(C(=O)NC1c2ccccc2-c2ccccc21)c1cccc(-c2ccc(Cc3sc(=O)[nH]c3O)cc2)c1. The third-order valence-electron chi connectivity index (χ3n) is 6.99. The zero-order valence-electron chi connectivity index (χ0n) is 20.6. The number of H-pyrrole nitrogens is 1. The van der Waals surface area contributed by atoms with Crippen LogP contribution in [-0.2, 0) is 6.42 Å². The van der Waals surface area contributed by atoms with Crippen molar-refractivity contribution in [3.8, 4) is 28.1 Å². The lowest BCUT2D eigenvalue weighted by molar-refractivity contribution is 0.245. The molecule has 6 rings (SSSR count). The second-order valence-electron chi connectivity index (χ2n) is 9.33. The molecule has 0 atom stereocenters. The van der Waals surface area contributed by atoms with Crippen LogP contribution in [0.2, 0.25) is 0 Å². The van der Waals surface area contributed by atoms with Crippen LogP contribution in [0.5, 0.6) is 5.88 Å². The number of hydrogen-bond acceptors (Lipinski definition) is 4. The van der Waals surface area contributed by atoms with Crippen LogP contribution in [0.4, 0.5) is 10.5 Å². The third kappa shape index (κ3) is 4.37. The number of hydrogen-bond donors (Lipinski definition) is 3. The van der Waals surface area contributed by atoms with E-state index in [4.69, 9.17) is 0 Å². The van der Waals surface area contributed by atoms with Gasteiger partial charge in [0.05, 0.1) is 10.9 Å². The highest BCUT2D eigenvalue weighted by atomic mass is 32.1. The second kappa shape index (κ2) is 9.68. The first-order chi connectivity index (χ1) is 18.5. The van der Waals surface area contributed by atoms with Crippen LogP contribution in [-0.4, -0.2) is 23.2 Å². The van der Waals surface area contributed by atoms with E-state index < -0.39 is 0 Å². The highest BCUT2D eigenvalue weighted by molar-refractivity contribution is 7.09. The summed E-state index contributed by atoms with van der Waals surface area (Å²) < 4.78 is 0. The van der Waals surface area contributed by atoms with Crippen molar-refractivity contribution in [3.63, 3.8) is 0 Å². The van der Waals surface area contributed by atoms with Gasteiger partial charge in [-0.25, -0.2) is 4.79 Å². The minimum Gasteiger partial charge on any atom is -0.494 e. The van der Waals surface area contributed by atoms with Gasteiger partial charge in [-0.2, -0.15) is 0 Å². The van der Waals surface area contributed by atoms with E-state index in [1.807, 2.05) is 72.8 Å². The lowest BCUT2D eigenvalue weighted by atomic mass is 10.0. The Morgan fingerprint density at radius 3 is 2.18 bits per heavy atom. The van der Waals surface area contributed by atoms with E-state index in [2.05, 4.69) is 34.6 Å². The molecule has 38 heavy (non-hydrogen) atoms. The maximum absolute atomic E-state index is 13.4. The van der Waals surface area contributed by atoms with Gasteiger partial charge in [0, 0.05) is 19.2 Å². The maximum atomic E-state index is 13.4. The standard InChI is InChI=1S/C31H25N3O3S/c1-34(30(36)32-28-25-11-4-2-9-23(25)24-10-3-5-12-26(24)28)22-8-6-7-21(18-22)20-15-13-19(14-16-20)17-27-29(35)33-31(37)38-27/h2-16,18,28,35H,17H2,1H3,(H,32,36)(H,33,37). The number of nitrogens with zero attached hydrogens (tertiary/aromatic N) is 1. The number of carbonyl (C=O) groups excluding carboxylic acids is 1. The molecule has 2 amide bonds. The van der Waals surface area contributed by atoms with Crippen molar-refractivity contribution < 1.29 is 9.90 Å². The van der Waals surface area contributed by atoms with E-state index in [9.17, 15) is 14.7 Å². The summed E-state index contributed by atoms with van der Waals surface area (Å²) in [7, 11) is 1.78. The van der Waals surface area contributed by atoms with Crippen LogP contribution in [0.1, 0.15) is 27.6 Å². The van der Waals surface area contributed by atoms with E-state index in [0.717, 1.165) is 56.0 Å². The first-order valence-corrected chi connectivity index (χ1v) is 13.1. The summed E-state index contributed by atoms with van der Waals surface area (Å²) in [6.45, 7) is 0. The molecule has 0 fully saturated rings. The summed E-state index contributed by atoms with van der Waals surface area (Å²) in [5.74, 6) is -0.0670. The Morgan fingerprint density at radius 1 is 0.895 bits per heavy atom. The van der Waals surface area contributed by atoms with E-state index in [1.165, 1.54) is 0 Å². The predicted molar refractivity (Wildman–Crippen MR) is 152 cm³/mol. The Labute approximate surface area is 223 Å². The van der Waals surface area contributed by atoms with Crippen molar-refractivity contribution in [2.24, 2.45) is 0 Å². The van der Waals surface area contributed by atoms with Crippen molar-refractivity contribution in [3.05, 3.63) is 128 Å². The smallest absolute Gasteiger partial charge is 0.322 e. The zero-order chi connectivity index (χ0) is 26.2. The minimum absolute atomic E-state index is 0.0670. The van der Waals surface area contributed by atoms with Gasteiger partial charge >= 0.3 is 10.9 Å². The average Bonchev–Trinajstić information content (AvgIpc) is 3.44. The fourth-order valence-electron chi connectivity index (χ4n) is 5.02. The van der Waals surface area contributed by atoms with Crippen LogP contribution in [0.25, 0.3) is 22.3 Å². The van der Waals surface area contributed by atoms with Gasteiger partial charge in [0.25, 0.3) is 0 Å². The number of anilines is 1. The van der Waals surface area contributed by atoms with E-state index in [1.54, 1.807) is 11.9 Å². The lowest BCUT2D eigenvalue weighted by Gasteiger charge is -2.23. The second-order valence-corrected chi connectivity index (χ2v) is 10.4. The van der Waals surface area contributed by atoms with Crippen molar-refractivity contribution in [2.45, 2.75) is 12.5 Å². The molecule has 6 nitrogen and oxygen atoms in total. The highest BCUT2D eigenvalue weighted by Crippen LogP contribution is 2.43. The number of fused-ring (bicyclic) bond motifs is 3. The molecule has 1 aliphatic carbocycles. The number of aromatic nitrogens is 1. The first-order valence-electron chi connectivity index (χ1n) is 12.3. The quantitative estimate of drug-likeness (QED) is 0.254. The van der Waals surface area contributed by atoms with E-state index in [0.29, 0.717) is 11.3 Å². The zero-order valence-corrected chi connectivity index (χ0v) is 21.5. The molecule has 0 saturated heterocycles. The van der Waals surface area contributed by atoms with Crippen LogP contribution in [0, 0.1) is 0 Å². The molecule has 188 valence electrons. The largest absolute Gasteiger partial charge is 0.494 e. The van der Waals surface area contributed by atoms with Gasteiger partial charge in [-0.05, 0) is 51.1 Å². The molecule has 0 aliphatic heterocycles. The number of aromatic amines is 1. The fourth-order valence-corrected chi connectivity index (χ4v) is 5.77.